The minimum Gasteiger partial charge on any atom is -0.316 e. The lowest BCUT2D eigenvalue weighted by Gasteiger charge is -2.31. The van der Waals surface area contributed by atoms with Gasteiger partial charge in [-0.3, -0.25) is 0 Å². The molecule has 1 aromatic rings. The lowest BCUT2D eigenvalue weighted by atomic mass is 9.81. The lowest BCUT2D eigenvalue weighted by Crippen LogP contribution is -2.48. The number of hydrogen-bond acceptors (Lipinski definition) is 2. The Morgan fingerprint density at radius 3 is 2.61 bits per heavy atom. The highest BCUT2D eigenvalue weighted by molar-refractivity contribution is 5.36. The largest absolute Gasteiger partial charge is 0.316 e. The van der Waals surface area contributed by atoms with Gasteiger partial charge in [0.15, 0.2) is 0 Å². The van der Waals surface area contributed by atoms with Gasteiger partial charge in [-0.05, 0) is 30.9 Å². The quantitative estimate of drug-likeness (QED) is 0.833. The predicted molar refractivity (Wildman–Crippen MR) is 78.2 cm³/mol. The van der Waals surface area contributed by atoms with Crippen molar-refractivity contribution in [2.45, 2.75) is 33.1 Å². The standard InChI is InChI=1S/C16H26N2/c1-12-5-6-13(2)15(7-12)16(3,4)11-18-10-14-8-17-9-14/h5-7,14,17-18H,8-11H2,1-4H3. The Balaban J connectivity index is 1.97. The first-order valence-electron chi connectivity index (χ1n) is 6.98. The fourth-order valence-corrected chi connectivity index (χ4v) is 2.64. The van der Waals surface area contributed by atoms with E-state index in [1.165, 1.54) is 29.8 Å². The maximum absolute atomic E-state index is 3.63. The fourth-order valence-electron chi connectivity index (χ4n) is 2.64. The Bertz CT molecular complexity index is 406. The van der Waals surface area contributed by atoms with Crippen molar-refractivity contribution in [2.24, 2.45) is 5.92 Å². The molecule has 2 rings (SSSR count). The molecule has 2 heteroatoms. The van der Waals surface area contributed by atoms with Gasteiger partial charge in [0.1, 0.15) is 0 Å². The second-order valence-electron chi connectivity index (χ2n) is 6.36. The van der Waals surface area contributed by atoms with Crippen LogP contribution < -0.4 is 10.6 Å². The third-order valence-corrected chi connectivity index (χ3v) is 3.99. The van der Waals surface area contributed by atoms with Gasteiger partial charge in [0.2, 0.25) is 0 Å². The zero-order valence-corrected chi connectivity index (χ0v) is 12.1. The summed E-state index contributed by atoms with van der Waals surface area (Å²) in [6.07, 6.45) is 0. The molecule has 2 nitrogen and oxygen atoms in total. The van der Waals surface area contributed by atoms with Crippen LogP contribution in [0.25, 0.3) is 0 Å². The molecule has 100 valence electrons. The van der Waals surface area contributed by atoms with Crippen LogP contribution in [0.5, 0.6) is 0 Å². The van der Waals surface area contributed by atoms with E-state index in [2.05, 4.69) is 56.5 Å². The van der Waals surface area contributed by atoms with Gasteiger partial charge < -0.3 is 10.6 Å². The summed E-state index contributed by atoms with van der Waals surface area (Å²) in [5.74, 6) is 0.833. The van der Waals surface area contributed by atoms with Crippen LogP contribution in [0.3, 0.4) is 0 Å². The molecule has 1 heterocycles. The molecule has 1 aromatic carbocycles. The van der Waals surface area contributed by atoms with E-state index in [0.29, 0.717) is 0 Å². The van der Waals surface area contributed by atoms with Crippen molar-refractivity contribution in [3.63, 3.8) is 0 Å². The van der Waals surface area contributed by atoms with Crippen molar-refractivity contribution in [2.75, 3.05) is 26.2 Å². The Labute approximate surface area is 111 Å². The van der Waals surface area contributed by atoms with Gasteiger partial charge in [-0.15, -0.1) is 0 Å². The monoisotopic (exact) mass is 246 g/mol. The van der Waals surface area contributed by atoms with Gasteiger partial charge in [0.25, 0.3) is 0 Å². The Morgan fingerprint density at radius 1 is 1.28 bits per heavy atom. The van der Waals surface area contributed by atoms with E-state index >= 15 is 0 Å². The number of rotatable bonds is 5. The maximum Gasteiger partial charge on any atom is 0.00434 e. The van der Waals surface area contributed by atoms with Crippen LogP contribution in [-0.2, 0) is 5.41 Å². The highest BCUT2D eigenvalue weighted by atomic mass is 15.0. The van der Waals surface area contributed by atoms with Gasteiger partial charge in [0, 0.05) is 31.6 Å². The molecule has 0 saturated carbocycles. The number of aryl methyl sites for hydroxylation is 2. The Kier molecular flexibility index (Phi) is 4.08. The summed E-state index contributed by atoms with van der Waals surface area (Å²) in [5.41, 5.74) is 4.43. The molecular formula is C16H26N2. The molecule has 0 bridgehead atoms. The molecule has 0 aromatic heterocycles. The van der Waals surface area contributed by atoms with Gasteiger partial charge in [0.05, 0.1) is 0 Å². The predicted octanol–water partition coefficient (Wildman–Crippen LogP) is 2.39. The number of hydrogen-bond donors (Lipinski definition) is 2. The van der Waals surface area contributed by atoms with Crippen molar-refractivity contribution in [3.8, 4) is 0 Å². The summed E-state index contributed by atoms with van der Waals surface area (Å²) in [6.45, 7) is 13.6. The van der Waals surface area contributed by atoms with Crippen LogP contribution in [0, 0.1) is 19.8 Å². The van der Waals surface area contributed by atoms with E-state index in [0.717, 1.165) is 19.0 Å². The average molecular weight is 246 g/mol. The molecule has 18 heavy (non-hydrogen) atoms. The van der Waals surface area contributed by atoms with Crippen LogP contribution in [0.2, 0.25) is 0 Å². The number of nitrogens with one attached hydrogen (secondary N) is 2. The Morgan fingerprint density at radius 2 is 2.00 bits per heavy atom. The third kappa shape index (κ3) is 3.12. The first-order chi connectivity index (χ1) is 8.49. The molecule has 1 aliphatic heterocycles. The minimum atomic E-state index is 0.202. The molecule has 0 radical (unpaired) electrons. The van der Waals surface area contributed by atoms with E-state index in [9.17, 15) is 0 Å². The summed E-state index contributed by atoms with van der Waals surface area (Å²) in [5, 5.41) is 6.95. The van der Waals surface area contributed by atoms with E-state index in [4.69, 9.17) is 0 Å². The summed E-state index contributed by atoms with van der Waals surface area (Å²) in [7, 11) is 0. The lowest BCUT2D eigenvalue weighted by molar-refractivity contribution is 0.319. The average Bonchev–Trinajstić information content (AvgIpc) is 2.25. The van der Waals surface area contributed by atoms with Gasteiger partial charge in [-0.2, -0.15) is 0 Å². The molecule has 1 saturated heterocycles. The zero-order chi connectivity index (χ0) is 13.2. The zero-order valence-electron chi connectivity index (χ0n) is 12.1. The Hall–Kier alpha value is -0.860. The molecule has 2 N–H and O–H groups in total. The van der Waals surface area contributed by atoms with E-state index in [-0.39, 0.29) is 5.41 Å². The topological polar surface area (TPSA) is 24.1 Å². The highest BCUT2D eigenvalue weighted by Gasteiger charge is 2.23. The van der Waals surface area contributed by atoms with E-state index in [1.54, 1.807) is 0 Å². The first-order valence-corrected chi connectivity index (χ1v) is 6.98. The summed E-state index contributed by atoms with van der Waals surface area (Å²) in [4.78, 5) is 0. The molecule has 1 fully saturated rings. The minimum absolute atomic E-state index is 0.202. The van der Waals surface area contributed by atoms with Crippen LogP contribution in [0.15, 0.2) is 18.2 Å². The molecule has 0 spiro atoms. The summed E-state index contributed by atoms with van der Waals surface area (Å²) >= 11 is 0. The van der Waals surface area contributed by atoms with Gasteiger partial charge in [-0.1, -0.05) is 37.6 Å². The van der Waals surface area contributed by atoms with Crippen molar-refractivity contribution in [1.82, 2.24) is 10.6 Å². The molecule has 0 unspecified atom stereocenters. The third-order valence-electron chi connectivity index (χ3n) is 3.99. The summed E-state index contributed by atoms with van der Waals surface area (Å²) < 4.78 is 0. The SMILES string of the molecule is Cc1ccc(C)c(C(C)(C)CNCC2CNC2)c1. The number of benzene rings is 1. The van der Waals surface area contributed by atoms with Crippen LogP contribution in [0.4, 0.5) is 0 Å². The van der Waals surface area contributed by atoms with Crippen LogP contribution in [-0.4, -0.2) is 26.2 Å². The van der Waals surface area contributed by atoms with Crippen molar-refractivity contribution < 1.29 is 0 Å². The normalized spacial score (nSPS) is 16.7. The van der Waals surface area contributed by atoms with Crippen molar-refractivity contribution in [1.29, 1.82) is 0 Å². The molecular weight excluding hydrogens is 220 g/mol. The van der Waals surface area contributed by atoms with E-state index in [1.807, 2.05) is 0 Å². The molecule has 0 amide bonds. The second-order valence-corrected chi connectivity index (χ2v) is 6.36. The maximum atomic E-state index is 3.63. The molecule has 0 aliphatic carbocycles. The van der Waals surface area contributed by atoms with Gasteiger partial charge in [-0.25, -0.2) is 0 Å². The fraction of sp³-hybridized carbons (Fsp3) is 0.625. The second kappa shape index (κ2) is 5.41. The first kappa shape index (κ1) is 13.6. The van der Waals surface area contributed by atoms with Crippen molar-refractivity contribution in [3.05, 3.63) is 34.9 Å². The summed E-state index contributed by atoms with van der Waals surface area (Å²) in [6, 6.07) is 6.77. The smallest absolute Gasteiger partial charge is 0.00434 e. The van der Waals surface area contributed by atoms with Crippen LogP contribution >= 0.6 is 0 Å². The van der Waals surface area contributed by atoms with Crippen molar-refractivity contribution >= 4 is 0 Å². The van der Waals surface area contributed by atoms with Gasteiger partial charge >= 0.3 is 0 Å². The van der Waals surface area contributed by atoms with Crippen LogP contribution in [0.1, 0.15) is 30.5 Å². The van der Waals surface area contributed by atoms with E-state index < -0.39 is 0 Å². The molecule has 1 aliphatic rings. The highest BCUT2D eigenvalue weighted by Crippen LogP contribution is 2.26. The molecule has 0 atom stereocenters.